The molecule has 0 radical (unpaired) electrons. The van der Waals surface area contributed by atoms with Gasteiger partial charge in [0.25, 0.3) is 0 Å². The molecule has 1 aromatic carbocycles. The number of ether oxygens (including phenoxy) is 1. The van der Waals surface area contributed by atoms with Gasteiger partial charge in [-0.1, -0.05) is 31.4 Å². The molecule has 2 nitrogen and oxygen atoms in total. The van der Waals surface area contributed by atoms with E-state index in [2.05, 4.69) is 23.5 Å². The fourth-order valence-corrected chi connectivity index (χ4v) is 4.11. The van der Waals surface area contributed by atoms with Crippen LogP contribution in [0.2, 0.25) is 0 Å². The molecular formula is C19H27NO. The highest BCUT2D eigenvalue weighted by molar-refractivity contribution is 5.41. The average molecular weight is 285 g/mol. The number of rotatable bonds is 4. The minimum atomic E-state index is 0.754. The second-order valence-electron chi connectivity index (χ2n) is 7.15. The second kappa shape index (κ2) is 6.00. The van der Waals surface area contributed by atoms with Crippen molar-refractivity contribution in [3.63, 3.8) is 0 Å². The summed E-state index contributed by atoms with van der Waals surface area (Å²) in [6.45, 7) is 2.10. The highest BCUT2D eigenvalue weighted by Gasteiger charge is 2.28. The first-order valence-electron chi connectivity index (χ1n) is 8.89. The molecule has 0 spiro atoms. The zero-order valence-corrected chi connectivity index (χ0v) is 12.9. The summed E-state index contributed by atoms with van der Waals surface area (Å²) in [5.74, 6) is 2.71. The average Bonchev–Trinajstić information content (AvgIpc) is 3.26. The zero-order chi connectivity index (χ0) is 14.1. The molecule has 2 fully saturated rings. The lowest BCUT2D eigenvalue weighted by Crippen LogP contribution is -2.28. The van der Waals surface area contributed by atoms with E-state index in [1.165, 1.54) is 57.1 Å². The lowest BCUT2D eigenvalue weighted by molar-refractivity contribution is 0.356. The van der Waals surface area contributed by atoms with Crippen LogP contribution in [0, 0.1) is 5.92 Å². The summed E-state index contributed by atoms with van der Waals surface area (Å²) >= 11 is 0. The smallest absolute Gasteiger partial charge is 0.122 e. The van der Waals surface area contributed by atoms with Gasteiger partial charge in [-0.25, -0.2) is 0 Å². The van der Waals surface area contributed by atoms with E-state index in [1.54, 1.807) is 5.56 Å². The van der Waals surface area contributed by atoms with Gasteiger partial charge in [0.15, 0.2) is 0 Å². The number of hydrogen-bond donors (Lipinski definition) is 1. The standard InChI is InChI=1S/C19H27NO/c1-2-4-16(13-20-17-7-8-17)18(5-3-1)14-6-9-19-15(12-14)10-11-21-19/h6,9,12,16-18,20H,1-5,7-8,10-11,13H2. The SMILES string of the molecule is c1cc2c(cc1C1CCCCCC1CNC1CC1)CCO2. The lowest BCUT2D eigenvalue weighted by atomic mass is 9.81. The van der Waals surface area contributed by atoms with Crippen LogP contribution in [-0.2, 0) is 6.42 Å². The molecule has 1 aliphatic heterocycles. The normalized spacial score (nSPS) is 28.8. The molecule has 2 aliphatic carbocycles. The fraction of sp³-hybridized carbons (Fsp3) is 0.684. The minimum absolute atomic E-state index is 0.754. The molecule has 0 aromatic heterocycles. The Balaban J connectivity index is 1.53. The van der Waals surface area contributed by atoms with Crippen molar-refractivity contribution in [2.75, 3.05) is 13.2 Å². The van der Waals surface area contributed by atoms with E-state index < -0.39 is 0 Å². The molecule has 4 rings (SSSR count). The van der Waals surface area contributed by atoms with Crippen LogP contribution in [-0.4, -0.2) is 19.2 Å². The third-order valence-corrected chi connectivity index (χ3v) is 5.55. The number of nitrogens with one attached hydrogen (secondary N) is 1. The summed E-state index contributed by atoms with van der Waals surface area (Å²) < 4.78 is 5.67. The summed E-state index contributed by atoms with van der Waals surface area (Å²) in [7, 11) is 0. The van der Waals surface area contributed by atoms with Gasteiger partial charge < -0.3 is 10.1 Å². The topological polar surface area (TPSA) is 21.3 Å². The first kappa shape index (κ1) is 13.6. The third kappa shape index (κ3) is 3.11. The van der Waals surface area contributed by atoms with Gasteiger partial charge in [-0.3, -0.25) is 0 Å². The van der Waals surface area contributed by atoms with Crippen molar-refractivity contribution >= 4 is 0 Å². The maximum atomic E-state index is 5.67. The Kier molecular flexibility index (Phi) is 3.89. The van der Waals surface area contributed by atoms with Crippen LogP contribution in [0.25, 0.3) is 0 Å². The lowest BCUT2D eigenvalue weighted by Gasteiger charge is -2.26. The van der Waals surface area contributed by atoms with Crippen molar-refractivity contribution in [2.45, 2.75) is 63.3 Å². The molecule has 1 heterocycles. The first-order valence-corrected chi connectivity index (χ1v) is 8.89. The molecule has 3 aliphatic rings. The van der Waals surface area contributed by atoms with E-state index in [4.69, 9.17) is 4.74 Å². The van der Waals surface area contributed by atoms with Gasteiger partial charge in [-0.05, 0) is 61.3 Å². The molecule has 21 heavy (non-hydrogen) atoms. The van der Waals surface area contributed by atoms with Gasteiger partial charge in [0.1, 0.15) is 5.75 Å². The summed E-state index contributed by atoms with van der Waals surface area (Å²) in [4.78, 5) is 0. The van der Waals surface area contributed by atoms with Gasteiger partial charge in [0, 0.05) is 12.5 Å². The minimum Gasteiger partial charge on any atom is -0.493 e. The molecule has 1 N–H and O–H groups in total. The highest BCUT2D eigenvalue weighted by atomic mass is 16.5. The molecule has 2 atom stereocenters. The predicted octanol–water partition coefficient (Wildman–Crippen LogP) is 4.04. The Morgan fingerprint density at radius 2 is 1.95 bits per heavy atom. The summed E-state index contributed by atoms with van der Waals surface area (Å²) in [5.41, 5.74) is 3.01. The Morgan fingerprint density at radius 3 is 2.86 bits per heavy atom. The Hall–Kier alpha value is -1.02. The fourth-order valence-electron chi connectivity index (χ4n) is 4.11. The monoisotopic (exact) mass is 285 g/mol. The molecule has 0 saturated heterocycles. The molecule has 0 bridgehead atoms. The van der Waals surface area contributed by atoms with Gasteiger partial charge in [-0.15, -0.1) is 0 Å². The number of fused-ring (bicyclic) bond motifs is 1. The van der Waals surface area contributed by atoms with Crippen LogP contribution in [0.5, 0.6) is 5.75 Å². The number of hydrogen-bond acceptors (Lipinski definition) is 2. The van der Waals surface area contributed by atoms with E-state index in [0.717, 1.165) is 36.7 Å². The largest absolute Gasteiger partial charge is 0.493 e. The van der Waals surface area contributed by atoms with Crippen LogP contribution in [0.1, 0.15) is 62.0 Å². The predicted molar refractivity (Wildman–Crippen MR) is 86.0 cm³/mol. The molecule has 0 amide bonds. The van der Waals surface area contributed by atoms with E-state index in [-0.39, 0.29) is 0 Å². The van der Waals surface area contributed by atoms with E-state index in [9.17, 15) is 0 Å². The zero-order valence-electron chi connectivity index (χ0n) is 12.9. The van der Waals surface area contributed by atoms with Crippen molar-refractivity contribution in [2.24, 2.45) is 5.92 Å². The van der Waals surface area contributed by atoms with Crippen molar-refractivity contribution < 1.29 is 4.74 Å². The van der Waals surface area contributed by atoms with Crippen molar-refractivity contribution in [3.05, 3.63) is 29.3 Å². The molecular weight excluding hydrogens is 258 g/mol. The Morgan fingerprint density at radius 1 is 1.05 bits per heavy atom. The molecule has 1 aromatic rings. The van der Waals surface area contributed by atoms with Gasteiger partial charge >= 0.3 is 0 Å². The van der Waals surface area contributed by atoms with Gasteiger partial charge in [0.2, 0.25) is 0 Å². The molecule has 114 valence electrons. The Labute approximate surface area is 128 Å². The van der Waals surface area contributed by atoms with E-state index >= 15 is 0 Å². The van der Waals surface area contributed by atoms with Crippen LogP contribution in [0.15, 0.2) is 18.2 Å². The molecule has 2 unspecified atom stereocenters. The maximum Gasteiger partial charge on any atom is 0.122 e. The summed E-state index contributed by atoms with van der Waals surface area (Å²) in [6, 6.07) is 7.84. The third-order valence-electron chi connectivity index (χ3n) is 5.55. The van der Waals surface area contributed by atoms with E-state index in [0.29, 0.717) is 0 Å². The summed E-state index contributed by atoms with van der Waals surface area (Å²) in [6.07, 6.45) is 10.9. The van der Waals surface area contributed by atoms with Crippen LogP contribution >= 0.6 is 0 Å². The second-order valence-corrected chi connectivity index (χ2v) is 7.15. The van der Waals surface area contributed by atoms with Crippen LogP contribution < -0.4 is 10.1 Å². The summed E-state index contributed by atoms with van der Waals surface area (Å²) in [5, 5.41) is 3.78. The van der Waals surface area contributed by atoms with E-state index in [1.807, 2.05) is 0 Å². The Bertz CT molecular complexity index is 494. The van der Waals surface area contributed by atoms with Gasteiger partial charge in [0.05, 0.1) is 6.61 Å². The van der Waals surface area contributed by atoms with Crippen molar-refractivity contribution in [3.8, 4) is 5.75 Å². The molecule has 2 heteroatoms. The van der Waals surface area contributed by atoms with Gasteiger partial charge in [-0.2, -0.15) is 0 Å². The number of benzene rings is 1. The van der Waals surface area contributed by atoms with Crippen molar-refractivity contribution in [1.82, 2.24) is 5.32 Å². The van der Waals surface area contributed by atoms with Crippen LogP contribution in [0.4, 0.5) is 0 Å². The van der Waals surface area contributed by atoms with Crippen molar-refractivity contribution in [1.29, 1.82) is 0 Å². The maximum absolute atomic E-state index is 5.67. The highest BCUT2D eigenvalue weighted by Crippen LogP contribution is 2.39. The first-order chi connectivity index (χ1) is 10.4. The quantitative estimate of drug-likeness (QED) is 0.843. The van der Waals surface area contributed by atoms with Crippen LogP contribution in [0.3, 0.4) is 0 Å². The molecule has 2 saturated carbocycles.